The van der Waals surface area contributed by atoms with Gasteiger partial charge in [0.15, 0.2) is 0 Å². The molecule has 0 spiro atoms. The van der Waals surface area contributed by atoms with E-state index in [1.165, 1.54) is 18.4 Å². The number of ether oxygens (including phenoxy) is 2. The lowest BCUT2D eigenvalue weighted by Crippen LogP contribution is -2.43. The van der Waals surface area contributed by atoms with Gasteiger partial charge in [0.1, 0.15) is 11.9 Å². The summed E-state index contributed by atoms with van der Waals surface area (Å²) < 4.78 is 11.9. The van der Waals surface area contributed by atoms with Gasteiger partial charge in [-0.25, -0.2) is 0 Å². The molecule has 1 aromatic carbocycles. The van der Waals surface area contributed by atoms with E-state index in [-0.39, 0.29) is 6.10 Å². The molecule has 0 aliphatic carbocycles. The molecule has 3 heteroatoms. The van der Waals surface area contributed by atoms with Crippen molar-refractivity contribution in [3.05, 3.63) is 29.8 Å². The van der Waals surface area contributed by atoms with Crippen LogP contribution >= 0.6 is 0 Å². The third kappa shape index (κ3) is 3.78. The fourth-order valence-electron chi connectivity index (χ4n) is 3.42. The highest BCUT2D eigenvalue weighted by Gasteiger charge is 2.30. The van der Waals surface area contributed by atoms with Crippen LogP contribution in [0, 0.1) is 0 Å². The molecule has 0 saturated carbocycles. The molecule has 0 radical (unpaired) electrons. The van der Waals surface area contributed by atoms with Gasteiger partial charge in [-0.3, -0.25) is 0 Å². The molecule has 3 nitrogen and oxygen atoms in total. The summed E-state index contributed by atoms with van der Waals surface area (Å²) in [6, 6.07) is 8.87. The average Bonchev–Trinajstić information content (AvgIpc) is 3.16. The highest BCUT2D eigenvalue weighted by Crippen LogP contribution is 2.31. The first-order valence-electron chi connectivity index (χ1n) is 8.46. The summed E-state index contributed by atoms with van der Waals surface area (Å²) in [7, 11) is 0. The maximum absolute atomic E-state index is 6.18. The second kappa shape index (κ2) is 7.28. The molecule has 1 fully saturated rings. The van der Waals surface area contributed by atoms with Crippen LogP contribution in [0.4, 0.5) is 0 Å². The molecule has 116 valence electrons. The van der Waals surface area contributed by atoms with Gasteiger partial charge in [0.05, 0.1) is 6.10 Å². The zero-order chi connectivity index (χ0) is 14.5. The summed E-state index contributed by atoms with van der Waals surface area (Å²) >= 11 is 0. The minimum atomic E-state index is 0.273. The zero-order valence-electron chi connectivity index (χ0n) is 13.0. The van der Waals surface area contributed by atoms with Gasteiger partial charge in [-0.05, 0) is 50.3 Å². The van der Waals surface area contributed by atoms with Crippen molar-refractivity contribution in [3.8, 4) is 5.75 Å². The summed E-state index contributed by atoms with van der Waals surface area (Å²) in [6.45, 7) is 4.23. The Morgan fingerprint density at radius 2 is 2.24 bits per heavy atom. The molecule has 2 heterocycles. The molecule has 3 rings (SSSR count). The first-order valence-corrected chi connectivity index (χ1v) is 8.46. The van der Waals surface area contributed by atoms with Gasteiger partial charge in [0.2, 0.25) is 0 Å². The smallest absolute Gasteiger partial charge is 0.123 e. The van der Waals surface area contributed by atoms with Crippen molar-refractivity contribution in [2.75, 3.05) is 13.2 Å². The van der Waals surface area contributed by atoms with E-state index in [2.05, 4.69) is 36.5 Å². The van der Waals surface area contributed by atoms with Gasteiger partial charge < -0.3 is 14.8 Å². The quantitative estimate of drug-likeness (QED) is 0.835. The van der Waals surface area contributed by atoms with E-state index in [9.17, 15) is 0 Å². The van der Waals surface area contributed by atoms with E-state index in [1.54, 1.807) is 0 Å². The predicted octanol–water partition coefficient (Wildman–Crippen LogP) is 3.32. The van der Waals surface area contributed by atoms with Crippen LogP contribution in [-0.2, 0) is 11.2 Å². The van der Waals surface area contributed by atoms with Gasteiger partial charge in [-0.2, -0.15) is 0 Å². The van der Waals surface area contributed by atoms with Gasteiger partial charge >= 0.3 is 0 Å². The molecule has 2 aliphatic rings. The number of nitrogens with one attached hydrogen (secondary N) is 1. The maximum Gasteiger partial charge on any atom is 0.123 e. The first kappa shape index (κ1) is 14.9. The summed E-state index contributed by atoms with van der Waals surface area (Å²) in [4.78, 5) is 0. The number of rotatable bonds is 7. The van der Waals surface area contributed by atoms with E-state index in [4.69, 9.17) is 9.47 Å². The van der Waals surface area contributed by atoms with Crippen molar-refractivity contribution < 1.29 is 9.47 Å². The topological polar surface area (TPSA) is 30.5 Å². The van der Waals surface area contributed by atoms with Crippen LogP contribution in [-0.4, -0.2) is 31.4 Å². The monoisotopic (exact) mass is 289 g/mol. The summed E-state index contributed by atoms with van der Waals surface area (Å²) in [5, 5.41) is 3.69. The standard InChI is InChI=1S/C18H27NO2/c1-2-11-19-16(10-9-15-7-5-12-20-15)18-13-14-6-3-4-8-17(14)21-18/h3-4,6,8,15-16,18-19H,2,5,7,9-13H2,1H3. The molecular weight excluding hydrogens is 262 g/mol. The van der Waals surface area contributed by atoms with Crippen molar-refractivity contribution in [3.63, 3.8) is 0 Å². The lowest BCUT2D eigenvalue weighted by molar-refractivity contribution is 0.0910. The Morgan fingerprint density at radius 3 is 3.00 bits per heavy atom. The predicted molar refractivity (Wildman–Crippen MR) is 84.9 cm³/mol. The van der Waals surface area contributed by atoms with Gasteiger partial charge in [-0.1, -0.05) is 25.1 Å². The van der Waals surface area contributed by atoms with E-state index in [0.29, 0.717) is 12.1 Å². The van der Waals surface area contributed by atoms with Crippen LogP contribution in [0.2, 0.25) is 0 Å². The lowest BCUT2D eigenvalue weighted by Gasteiger charge is -2.25. The zero-order valence-corrected chi connectivity index (χ0v) is 13.0. The van der Waals surface area contributed by atoms with Crippen molar-refractivity contribution in [1.82, 2.24) is 5.32 Å². The molecule has 3 atom stereocenters. The fraction of sp³-hybridized carbons (Fsp3) is 0.667. The molecule has 1 N–H and O–H groups in total. The van der Waals surface area contributed by atoms with Crippen LogP contribution < -0.4 is 10.1 Å². The van der Waals surface area contributed by atoms with Gasteiger partial charge in [0, 0.05) is 19.1 Å². The highest BCUT2D eigenvalue weighted by atomic mass is 16.5. The Hall–Kier alpha value is -1.06. The van der Waals surface area contributed by atoms with E-state index in [0.717, 1.165) is 44.6 Å². The fourth-order valence-corrected chi connectivity index (χ4v) is 3.42. The Morgan fingerprint density at radius 1 is 1.33 bits per heavy atom. The molecule has 21 heavy (non-hydrogen) atoms. The van der Waals surface area contributed by atoms with Crippen LogP contribution in [0.15, 0.2) is 24.3 Å². The van der Waals surface area contributed by atoms with Crippen LogP contribution in [0.1, 0.15) is 44.6 Å². The largest absolute Gasteiger partial charge is 0.488 e. The average molecular weight is 289 g/mol. The van der Waals surface area contributed by atoms with Crippen molar-refractivity contribution in [1.29, 1.82) is 0 Å². The Balaban J connectivity index is 1.57. The second-order valence-electron chi connectivity index (χ2n) is 6.24. The highest BCUT2D eigenvalue weighted by molar-refractivity contribution is 5.37. The third-order valence-electron chi connectivity index (χ3n) is 4.60. The molecule has 3 unspecified atom stereocenters. The van der Waals surface area contributed by atoms with Gasteiger partial charge in [-0.15, -0.1) is 0 Å². The number of fused-ring (bicyclic) bond motifs is 1. The SMILES string of the molecule is CCCNC(CCC1CCCO1)C1Cc2ccccc2O1. The number of hydrogen-bond acceptors (Lipinski definition) is 3. The van der Waals surface area contributed by atoms with Crippen molar-refractivity contribution in [2.45, 2.75) is 63.7 Å². The van der Waals surface area contributed by atoms with E-state index < -0.39 is 0 Å². The Kier molecular flexibility index (Phi) is 5.15. The molecule has 1 aromatic rings. The number of para-hydroxylation sites is 1. The van der Waals surface area contributed by atoms with E-state index >= 15 is 0 Å². The first-order chi connectivity index (χ1) is 10.4. The molecule has 0 bridgehead atoms. The summed E-state index contributed by atoms with van der Waals surface area (Å²) in [5.74, 6) is 1.07. The molecular formula is C18H27NO2. The number of hydrogen-bond donors (Lipinski definition) is 1. The lowest BCUT2D eigenvalue weighted by atomic mass is 9.98. The minimum Gasteiger partial charge on any atom is -0.488 e. The Bertz CT molecular complexity index is 418. The van der Waals surface area contributed by atoms with Crippen LogP contribution in [0.5, 0.6) is 5.75 Å². The Labute approximate surface area is 128 Å². The maximum atomic E-state index is 6.18. The van der Waals surface area contributed by atoms with Crippen LogP contribution in [0.25, 0.3) is 0 Å². The normalized spacial score (nSPS) is 25.6. The molecule has 0 amide bonds. The second-order valence-corrected chi connectivity index (χ2v) is 6.24. The van der Waals surface area contributed by atoms with Crippen LogP contribution in [0.3, 0.4) is 0 Å². The molecule has 1 saturated heterocycles. The minimum absolute atomic E-state index is 0.273. The summed E-state index contributed by atoms with van der Waals surface area (Å²) in [5.41, 5.74) is 1.35. The summed E-state index contributed by atoms with van der Waals surface area (Å²) in [6.07, 6.45) is 7.69. The van der Waals surface area contributed by atoms with E-state index in [1.807, 2.05) is 0 Å². The third-order valence-corrected chi connectivity index (χ3v) is 4.60. The molecule has 0 aromatic heterocycles. The van der Waals surface area contributed by atoms with Crippen molar-refractivity contribution in [2.24, 2.45) is 0 Å². The van der Waals surface area contributed by atoms with Crippen molar-refractivity contribution >= 4 is 0 Å². The van der Waals surface area contributed by atoms with Gasteiger partial charge in [0.25, 0.3) is 0 Å². The molecule has 2 aliphatic heterocycles. The number of benzene rings is 1.